The number of fused-ring (bicyclic) bond motifs is 1. The summed E-state index contributed by atoms with van der Waals surface area (Å²) in [5.41, 5.74) is 3.19. The van der Waals surface area contributed by atoms with Crippen molar-refractivity contribution in [2.24, 2.45) is 5.92 Å². The monoisotopic (exact) mass is 280 g/mol. The molecule has 3 heteroatoms. The Morgan fingerprint density at radius 2 is 2.11 bits per heavy atom. The highest BCUT2D eigenvalue weighted by molar-refractivity contribution is 5.85. The molecule has 1 fully saturated rings. The van der Waals surface area contributed by atoms with Crippen LogP contribution < -0.4 is 5.32 Å². The molecule has 2 unspecified atom stereocenters. The molecule has 0 aromatic heterocycles. The van der Waals surface area contributed by atoms with Crippen molar-refractivity contribution in [3.05, 3.63) is 35.4 Å². The SMILES string of the molecule is CNCC1CCN(C2CCCc3ccccc32)C1.Cl. The quantitative estimate of drug-likeness (QED) is 0.916. The molecule has 2 aliphatic rings. The van der Waals surface area contributed by atoms with Crippen LogP contribution in [0.5, 0.6) is 0 Å². The van der Waals surface area contributed by atoms with E-state index in [1.807, 2.05) is 0 Å². The maximum Gasteiger partial charge on any atom is 0.0351 e. The lowest BCUT2D eigenvalue weighted by Gasteiger charge is -2.33. The van der Waals surface area contributed by atoms with Crippen LogP contribution in [0.3, 0.4) is 0 Å². The number of halogens is 1. The van der Waals surface area contributed by atoms with E-state index >= 15 is 0 Å². The lowest BCUT2D eigenvalue weighted by molar-refractivity contribution is 0.213. The van der Waals surface area contributed by atoms with Gasteiger partial charge in [-0.25, -0.2) is 0 Å². The smallest absolute Gasteiger partial charge is 0.0351 e. The molecule has 1 N–H and O–H groups in total. The first-order valence-electron chi connectivity index (χ1n) is 7.35. The Hall–Kier alpha value is -0.570. The van der Waals surface area contributed by atoms with E-state index in [1.165, 1.54) is 45.3 Å². The van der Waals surface area contributed by atoms with Gasteiger partial charge in [0.2, 0.25) is 0 Å². The van der Waals surface area contributed by atoms with Gasteiger partial charge in [0.05, 0.1) is 0 Å². The molecule has 1 aromatic rings. The largest absolute Gasteiger partial charge is 0.319 e. The van der Waals surface area contributed by atoms with Gasteiger partial charge in [-0.15, -0.1) is 12.4 Å². The zero-order chi connectivity index (χ0) is 12.4. The van der Waals surface area contributed by atoms with Crippen molar-refractivity contribution < 1.29 is 0 Å². The Labute approximate surface area is 123 Å². The van der Waals surface area contributed by atoms with Gasteiger partial charge in [0.15, 0.2) is 0 Å². The van der Waals surface area contributed by atoms with E-state index in [0.29, 0.717) is 6.04 Å². The number of rotatable bonds is 3. The number of nitrogens with one attached hydrogen (secondary N) is 1. The van der Waals surface area contributed by atoms with Gasteiger partial charge in [0.1, 0.15) is 0 Å². The second-order valence-corrected chi connectivity index (χ2v) is 5.81. The number of nitrogens with zero attached hydrogens (tertiary/aromatic N) is 1. The van der Waals surface area contributed by atoms with Crippen molar-refractivity contribution >= 4 is 12.4 Å². The van der Waals surface area contributed by atoms with Gasteiger partial charge in [0, 0.05) is 12.6 Å². The van der Waals surface area contributed by atoms with Crippen molar-refractivity contribution in [2.75, 3.05) is 26.7 Å². The minimum absolute atomic E-state index is 0. The van der Waals surface area contributed by atoms with Crippen LogP contribution in [-0.2, 0) is 6.42 Å². The third-order valence-corrected chi connectivity index (χ3v) is 4.59. The molecule has 2 atom stereocenters. The average molecular weight is 281 g/mol. The van der Waals surface area contributed by atoms with Gasteiger partial charge in [-0.1, -0.05) is 24.3 Å². The van der Waals surface area contributed by atoms with Gasteiger partial charge in [0.25, 0.3) is 0 Å². The topological polar surface area (TPSA) is 15.3 Å². The first-order valence-corrected chi connectivity index (χ1v) is 7.35. The third-order valence-electron chi connectivity index (χ3n) is 4.59. The first-order chi connectivity index (χ1) is 8.88. The number of aryl methyl sites for hydroxylation is 1. The van der Waals surface area contributed by atoms with Crippen LogP contribution in [0.15, 0.2) is 24.3 Å². The van der Waals surface area contributed by atoms with Gasteiger partial charge in [-0.05, 0) is 62.9 Å². The fourth-order valence-electron chi connectivity index (χ4n) is 3.71. The van der Waals surface area contributed by atoms with Crippen LogP contribution in [0, 0.1) is 5.92 Å². The molecule has 3 rings (SSSR count). The van der Waals surface area contributed by atoms with Crippen molar-refractivity contribution in [1.82, 2.24) is 10.2 Å². The van der Waals surface area contributed by atoms with Gasteiger partial charge in [-0.2, -0.15) is 0 Å². The molecule has 0 bridgehead atoms. The summed E-state index contributed by atoms with van der Waals surface area (Å²) in [7, 11) is 2.07. The van der Waals surface area contributed by atoms with Gasteiger partial charge >= 0.3 is 0 Å². The summed E-state index contributed by atoms with van der Waals surface area (Å²) < 4.78 is 0. The molecule has 106 valence electrons. The first kappa shape index (κ1) is 14.8. The van der Waals surface area contributed by atoms with E-state index < -0.39 is 0 Å². The van der Waals surface area contributed by atoms with Crippen molar-refractivity contribution in [1.29, 1.82) is 0 Å². The number of hydrogen-bond donors (Lipinski definition) is 1. The number of hydrogen-bond acceptors (Lipinski definition) is 2. The Kier molecular flexibility index (Phi) is 5.26. The maximum atomic E-state index is 3.33. The molecular formula is C16H25ClN2. The average Bonchev–Trinajstić information content (AvgIpc) is 2.87. The minimum Gasteiger partial charge on any atom is -0.319 e. The molecule has 1 heterocycles. The fraction of sp³-hybridized carbons (Fsp3) is 0.625. The molecular weight excluding hydrogens is 256 g/mol. The van der Waals surface area contributed by atoms with E-state index in [0.717, 1.165) is 5.92 Å². The molecule has 1 aromatic carbocycles. The van der Waals surface area contributed by atoms with Crippen LogP contribution in [0.1, 0.15) is 36.4 Å². The summed E-state index contributed by atoms with van der Waals surface area (Å²) in [5.74, 6) is 0.851. The Morgan fingerprint density at radius 3 is 2.95 bits per heavy atom. The Balaban J connectivity index is 0.00000133. The van der Waals surface area contributed by atoms with Crippen LogP contribution in [0.2, 0.25) is 0 Å². The summed E-state index contributed by atoms with van der Waals surface area (Å²) >= 11 is 0. The summed E-state index contributed by atoms with van der Waals surface area (Å²) in [6, 6.07) is 9.76. The van der Waals surface area contributed by atoms with Crippen molar-refractivity contribution in [3.8, 4) is 0 Å². The zero-order valence-corrected chi connectivity index (χ0v) is 12.6. The highest BCUT2D eigenvalue weighted by atomic mass is 35.5. The number of benzene rings is 1. The van der Waals surface area contributed by atoms with Crippen LogP contribution in [-0.4, -0.2) is 31.6 Å². The van der Waals surface area contributed by atoms with Crippen molar-refractivity contribution in [2.45, 2.75) is 31.7 Å². The fourth-order valence-corrected chi connectivity index (χ4v) is 3.71. The lowest BCUT2D eigenvalue weighted by atomic mass is 9.87. The molecule has 0 spiro atoms. The molecule has 1 aliphatic heterocycles. The molecule has 0 saturated carbocycles. The van der Waals surface area contributed by atoms with Gasteiger partial charge in [-0.3, -0.25) is 4.90 Å². The molecule has 0 radical (unpaired) electrons. The Bertz CT molecular complexity index is 407. The van der Waals surface area contributed by atoms with Crippen LogP contribution in [0.25, 0.3) is 0 Å². The molecule has 2 nitrogen and oxygen atoms in total. The van der Waals surface area contributed by atoms with E-state index in [1.54, 1.807) is 11.1 Å². The van der Waals surface area contributed by atoms with Gasteiger partial charge < -0.3 is 5.32 Å². The standard InChI is InChI=1S/C16H24N2.ClH/c1-17-11-13-9-10-18(12-13)16-8-4-6-14-5-2-3-7-15(14)16;/h2-3,5,7,13,16-17H,4,6,8-12H2,1H3;1H. The molecule has 1 saturated heterocycles. The van der Waals surface area contributed by atoms with Crippen LogP contribution in [0.4, 0.5) is 0 Å². The summed E-state index contributed by atoms with van der Waals surface area (Å²) in [4.78, 5) is 2.72. The highest BCUT2D eigenvalue weighted by Gasteiger charge is 2.31. The molecule has 19 heavy (non-hydrogen) atoms. The van der Waals surface area contributed by atoms with E-state index in [-0.39, 0.29) is 12.4 Å². The minimum atomic E-state index is 0. The summed E-state index contributed by atoms with van der Waals surface area (Å²) in [5, 5.41) is 3.33. The summed E-state index contributed by atoms with van der Waals surface area (Å²) in [6.07, 6.45) is 5.35. The Morgan fingerprint density at radius 1 is 1.26 bits per heavy atom. The predicted molar refractivity (Wildman–Crippen MR) is 83.0 cm³/mol. The molecule has 1 aliphatic carbocycles. The second kappa shape index (κ2) is 6.74. The highest BCUT2D eigenvalue weighted by Crippen LogP contribution is 2.36. The van der Waals surface area contributed by atoms with Crippen molar-refractivity contribution in [3.63, 3.8) is 0 Å². The van der Waals surface area contributed by atoms with E-state index in [4.69, 9.17) is 0 Å². The second-order valence-electron chi connectivity index (χ2n) is 5.81. The maximum absolute atomic E-state index is 3.33. The van der Waals surface area contributed by atoms with E-state index in [9.17, 15) is 0 Å². The third kappa shape index (κ3) is 3.13. The zero-order valence-electron chi connectivity index (χ0n) is 11.8. The molecule has 0 amide bonds. The normalized spacial score (nSPS) is 26.8. The lowest BCUT2D eigenvalue weighted by Crippen LogP contribution is -2.30. The number of likely N-dealkylation sites (tertiary alicyclic amines) is 1. The summed E-state index contributed by atoms with van der Waals surface area (Å²) in [6.45, 7) is 3.73. The predicted octanol–water partition coefficient (Wildman–Crippen LogP) is 3.03. The van der Waals surface area contributed by atoms with E-state index in [2.05, 4.69) is 41.5 Å². The van der Waals surface area contributed by atoms with Crippen LogP contribution >= 0.6 is 12.4 Å².